The lowest BCUT2D eigenvalue weighted by Crippen LogP contribution is -3.00. The Labute approximate surface area is 164 Å². The highest BCUT2D eigenvalue weighted by molar-refractivity contribution is 5.31. The van der Waals surface area contributed by atoms with Crippen molar-refractivity contribution in [3.63, 3.8) is 0 Å². The van der Waals surface area contributed by atoms with E-state index >= 15 is 0 Å². The van der Waals surface area contributed by atoms with Gasteiger partial charge in [0.25, 0.3) is 0 Å². The highest BCUT2D eigenvalue weighted by atomic mass is 127. The van der Waals surface area contributed by atoms with Crippen molar-refractivity contribution in [1.82, 2.24) is 4.90 Å². The van der Waals surface area contributed by atoms with E-state index in [9.17, 15) is 0 Å². The summed E-state index contributed by atoms with van der Waals surface area (Å²) in [6, 6.07) is 23.0. The molecule has 0 radical (unpaired) electrons. The molecule has 24 heavy (non-hydrogen) atoms. The zero-order chi connectivity index (χ0) is 16.3. The van der Waals surface area contributed by atoms with Gasteiger partial charge in [-0.2, -0.15) is 0 Å². The minimum absolute atomic E-state index is 0. The Balaban J connectivity index is 0.00000208. The van der Waals surface area contributed by atoms with Crippen molar-refractivity contribution in [2.75, 3.05) is 33.2 Å². The minimum atomic E-state index is 0. The van der Waals surface area contributed by atoms with Crippen LogP contribution in [0.3, 0.4) is 0 Å². The maximum atomic E-state index is 2.66. The Morgan fingerprint density at radius 3 is 1.58 bits per heavy atom. The quantitative estimate of drug-likeness (QED) is 0.510. The van der Waals surface area contributed by atoms with Gasteiger partial charge >= 0.3 is 0 Å². The summed E-state index contributed by atoms with van der Waals surface area (Å²) in [5.74, 6) is 0. The van der Waals surface area contributed by atoms with Crippen LogP contribution in [-0.2, 0) is 0 Å². The summed E-state index contributed by atoms with van der Waals surface area (Å²) in [6.45, 7) is 9.47. The van der Waals surface area contributed by atoms with Gasteiger partial charge in [-0.15, -0.1) is 0 Å². The molecule has 0 N–H and O–H groups in total. The fourth-order valence-corrected chi connectivity index (χ4v) is 3.60. The van der Waals surface area contributed by atoms with E-state index in [0.29, 0.717) is 12.1 Å². The first kappa shape index (κ1) is 19.4. The predicted molar refractivity (Wildman–Crippen MR) is 97.4 cm³/mol. The van der Waals surface area contributed by atoms with Gasteiger partial charge in [-0.05, 0) is 25.0 Å². The van der Waals surface area contributed by atoms with E-state index in [1.165, 1.54) is 28.7 Å². The number of hydrogen-bond acceptors (Lipinski definition) is 1. The average Bonchev–Trinajstić information content (AvgIpc) is 2.59. The van der Waals surface area contributed by atoms with Crippen molar-refractivity contribution in [2.24, 2.45) is 0 Å². The Morgan fingerprint density at radius 2 is 1.21 bits per heavy atom. The third-order valence-corrected chi connectivity index (χ3v) is 5.64. The van der Waals surface area contributed by atoms with E-state index in [-0.39, 0.29) is 24.0 Å². The molecule has 1 aliphatic heterocycles. The summed E-state index contributed by atoms with van der Waals surface area (Å²) in [5.41, 5.74) is 2.80. The highest BCUT2D eigenvalue weighted by Crippen LogP contribution is 2.30. The molecule has 1 heterocycles. The van der Waals surface area contributed by atoms with Gasteiger partial charge < -0.3 is 28.5 Å². The van der Waals surface area contributed by atoms with Crippen molar-refractivity contribution in [2.45, 2.75) is 25.9 Å². The number of hydrogen-bond donors (Lipinski definition) is 0. The Bertz CT molecular complexity index is 565. The van der Waals surface area contributed by atoms with Crippen LogP contribution in [0.1, 0.15) is 31.0 Å². The van der Waals surface area contributed by atoms with Gasteiger partial charge in [0.1, 0.15) is 0 Å². The average molecular weight is 436 g/mol. The van der Waals surface area contributed by atoms with Crippen molar-refractivity contribution < 1.29 is 28.5 Å². The molecule has 3 heteroatoms. The van der Waals surface area contributed by atoms with E-state index in [0.717, 1.165) is 13.1 Å². The normalized spacial score (nSPS) is 17.7. The molecule has 2 aromatic rings. The Hall–Kier alpha value is -0.910. The summed E-state index contributed by atoms with van der Waals surface area (Å²) in [5, 5.41) is 0. The predicted octanol–water partition coefficient (Wildman–Crippen LogP) is 0.951. The second-order valence-electron chi connectivity index (χ2n) is 7.28. The van der Waals surface area contributed by atoms with Crippen molar-refractivity contribution in [3.8, 4) is 0 Å². The maximum Gasteiger partial charge on any atom is 0.0916 e. The fourth-order valence-electron chi connectivity index (χ4n) is 3.60. The van der Waals surface area contributed by atoms with E-state index in [2.05, 4.69) is 86.5 Å². The number of halogens is 1. The van der Waals surface area contributed by atoms with Gasteiger partial charge in [-0.25, -0.2) is 0 Å². The molecule has 0 saturated carbocycles. The molecular formula is C21H29IN2. The Morgan fingerprint density at radius 1 is 0.792 bits per heavy atom. The van der Waals surface area contributed by atoms with Gasteiger partial charge in [0.15, 0.2) is 0 Å². The molecule has 0 aromatic heterocycles. The SMILES string of the molecule is CC(C)[N+]1(C)CCN(C(c2ccccc2)c2ccccc2)CC1.[I-]. The highest BCUT2D eigenvalue weighted by Gasteiger charge is 2.34. The van der Waals surface area contributed by atoms with Crippen molar-refractivity contribution >= 4 is 0 Å². The van der Waals surface area contributed by atoms with Crippen LogP contribution in [0.15, 0.2) is 60.7 Å². The lowest BCUT2D eigenvalue weighted by molar-refractivity contribution is -0.933. The third-order valence-electron chi connectivity index (χ3n) is 5.64. The van der Waals surface area contributed by atoms with Crippen LogP contribution in [0.25, 0.3) is 0 Å². The molecular weight excluding hydrogens is 407 g/mol. The van der Waals surface area contributed by atoms with Crippen LogP contribution in [0.5, 0.6) is 0 Å². The van der Waals surface area contributed by atoms with Crippen LogP contribution in [0.4, 0.5) is 0 Å². The zero-order valence-electron chi connectivity index (χ0n) is 15.0. The van der Waals surface area contributed by atoms with Crippen LogP contribution < -0.4 is 24.0 Å². The van der Waals surface area contributed by atoms with Crippen LogP contribution in [0, 0.1) is 0 Å². The first-order valence-electron chi connectivity index (χ1n) is 8.78. The molecule has 0 atom stereocenters. The number of quaternary nitrogens is 1. The van der Waals surface area contributed by atoms with Crippen LogP contribution >= 0.6 is 0 Å². The molecule has 0 spiro atoms. The molecule has 0 aliphatic carbocycles. The zero-order valence-corrected chi connectivity index (χ0v) is 17.2. The monoisotopic (exact) mass is 436 g/mol. The molecule has 0 unspecified atom stereocenters. The lowest BCUT2D eigenvalue weighted by Gasteiger charge is -2.47. The first-order chi connectivity index (χ1) is 11.1. The van der Waals surface area contributed by atoms with E-state index < -0.39 is 0 Å². The van der Waals surface area contributed by atoms with E-state index in [1.54, 1.807) is 0 Å². The minimum Gasteiger partial charge on any atom is -1.00 e. The molecule has 2 aromatic carbocycles. The summed E-state index contributed by atoms with van der Waals surface area (Å²) in [4.78, 5) is 2.66. The summed E-state index contributed by atoms with van der Waals surface area (Å²) in [7, 11) is 2.40. The molecule has 2 nitrogen and oxygen atoms in total. The standard InChI is InChI=1S/C21H29N2.HI/c1-18(2)23(3)16-14-22(15-17-23)21(19-10-6-4-7-11-19)20-12-8-5-9-13-20;/h4-13,18,21H,14-17H2,1-3H3;1H/q+1;/p-1. The molecule has 3 rings (SSSR count). The fraction of sp³-hybridized carbons (Fsp3) is 0.429. The van der Waals surface area contributed by atoms with Gasteiger partial charge in [0.05, 0.1) is 32.2 Å². The number of nitrogens with zero attached hydrogens (tertiary/aromatic N) is 2. The number of benzene rings is 2. The molecule has 1 fully saturated rings. The summed E-state index contributed by atoms with van der Waals surface area (Å²) >= 11 is 0. The first-order valence-corrected chi connectivity index (χ1v) is 8.78. The number of likely N-dealkylation sites (N-methyl/N-ethyl adjacent to an activating group) is 1. The molecule has 1 saturated heterocycles. The van der Waals surface area contributed by atoms with E-state index in [4.69, 9.17) is 0 Å². The smallest absolute Gasteiger partial charge is 0.0916 e. The lowest BCUT2D eigenvalue weighted by atomic mass is 9.96. The molecule has 130 valence electrons. The van der Waals surface area contributed by atoms with Gasteiger partial charge in [-0.1, -0.05) is 60.7 Å². The summed E-state index contributed by atoms with van der Waals surface area (Å²) in [6.07, 6.45) is 0. The van der Waals surface area contributed by atoms with Gasteiger partial charge in [-0.3, -0.25) is 4.90 Å². The second-order valence-corrected chi connectivity index (χ2v) is 7.28. The molecule has 1 aliphatic rings. The van der Waals surface area contributed by atoms with Gasteiger partial charge in [0, 0.05) is 13.1 Å². The molecule has 0 amide bonds. The maximum absolute atomic E-state index is 2.66. The van der Waals surface area contributed by atoms with Crippen LogP contribution in [0.2, 0.25) is 0 Å². The van der Waals surface area contributed by atoms with Crippen molar-refractivity contribution in [3.05, 3.63) is 71.8 Å². The topological polar surface area (TPSA) is 3.24 Å². The molecule has 0 bridgehead atoms. The number of piperazine rings is 1. The third kappa shape index (κ3) is 4.19. The largest absolute Gasteiger partial charge is 1.00 e. The number of rotatable bonds is 4. The van der Waals surface area contributed by atoms with Crippen molar-refractivity contribution in [1.29, 1.82) is 0 Å². The van der Waals surface area contributed by atoms with Gasteiger partial charge in [0.2, 0.25) is 0 Å². The van der Waals surface area contributed by atoms with E-state index in [1.807, 2.05) is 0 Å². The Kier molecular flexibility index (Phi) is 6.84. The second kappa shape index (κ2) is 8.45. The summed E-state index contributed by atoms with van der Waals surface area (Å²) < 4.78 is 1.19. The van der Waals surface area contributed by atoms with Crippen LogP contribution in [-0.4, -0.2) is 48.7 Å².